The van der Waals surface area contributed by atoms with Gasteiger partial charge in [0, 0.05) is 26.2 Å². The van der Waals surface area contributed by atoms with Gasteiger partial charge in [-0.1, -0.05) is 57.3 Å². The maximum Gasteiger partial charge on any atom is 0.303 e. The molecule has 0 aromatic carbocycles. The van der Waals surface area contributed by atoms with E-state index in [-0.39, 0.29) is 36.5 Å². The molecule has 1 saturated carbocycles. The van der Waals surface area contributed by atoms with Crippen molar-refractivity contribution in [2.24, 2.45) is 11.8 Å². The first-order valence-corrected chi connectivity index (χ1v) is 12.2. The van der Waals surface area contributed by atoms with Crippen LogP contribution >= 0.6 is 0 Å². The molecule has 4 unspecified atom stereocenters. The number of ether oxygens (including phenoxy) is 2. The van der Waals surface area contributed by atoms with Gasteiger partial charge >= 0.3 is 17.9 Å². The summed E-state index contributed by atoms with van der Waals surface area (Å²) >= 11 is 0. The zero-order valence-electron chi connectivity index (χ0n) is 20.1. The number of hydrogen-bond donors (Lipinski definition) is 1. The third-order valence-electron chi connectivity index (χ3n) is 6.01. The molecule has 0 spiro atoms. The summed E-state index contributed by atoms with van der Waals surface area (Å²) in [6.45, 7) is 5.04. The van der Waals surface area contributed by atoms with Gasteiger partial charge in [0.25, 0.3) is 0 Å². The van der Waals surface area contributed by atoms with E-state index < -0.39 is 5.97 Å². The molecule has 0 heterocycles. The second-order valence-electron chi connectivity index (χ2n) is 8.81. The van der Waals surface area contributed by atoms with Crippen LogP contribution in [0.2, 0.25) is 0 Å². The van der Waals surface area contributed by atoms with E-state index >= 15 is 0 Å². The molecule has 6 nitrogen and oxygen atoms in total. The largest absolute Gasteiger partial charge is 0.481 e. The normalized spacial score (nSPS) is 20.1. The van der Waals surface area contributed by atoms with Crippen LogP contribution in [0.3, 0.4) is 0 Å². The Labute approximate surface area is 193 Å². The summed E-state index contributed by atoms with van der Waals surface area (Å²) < 4.78 is 10.9. The van der Waals surface area contributed by atoms with Gasteiger partial charge in [0.15, 0.2) is 0 Å². The summed E-state index contributed by atoms with van der Waals surface area (Å²) in [5.74, 6) is -0.882. The average Bonchev–Trinajstić information content (AvgIpc) is 2.68. The van der Waals surface area contributed by atoms with E-state index in [0.717, 1.165) is 32.1 Å². The molecule has 1 fully saturated rings. The number of allylic oxidation sites excluding steroid dienone is 3. The zero-order valence-corrected chi connectivity index (χ0v) is 20.1. The van der Waals surface area contributed by atoms with Crippen molar-refractivity contribution < 1.29 is 29.0 Å². The highest BCUT2D eigenvalue weighted by atomic mass is 16.5. The van der Waals surface area contributed by atoms with E-state index in [9.17, 15) is 14.4 Å². The van der Waals surface area contributed by atoms with Gasteiger partial charge in [-0.05, 0) is 50.5 Å². The number of aliphatic carboxylic acids is 1. The summed E-state index contributed by atoms with van der Waals surface area (Å²) in [4.78, 5) is 33.7. The Morgan fingerprint density at radius 2 is 1.59 bits per heavy atom. The first-order valence-electron chi connectivity index (χ1n) is 12.2. The summed E-state index contributed by atoms with van der Waals surface area (Å²) in [7, 11) is 0. The van der Waals surface area contributed by atoms with Crippen molar-refractivity contribution in [1.82, 2.24) is 0 Å². The van der Waals surface area contributed by atoms with Crippen LogP contribution in [0.25, 0.3) is 0 Å². The average molecular weight is 451 g/mol. The van der Waals surface area contributed by atoms with Crippen molar-refractivity contribution in [2.45, 2.75) is 110 Å². The predicted molar refractivity (Wildman–Crippen MR) is 125 cm³/mol. The number of carbonyl (C=O) groups is 3. The molecular weight excluding hydrogens is 408 g/mol. The number of carboxylic acid groups (broad SMARTS) is 1. The maximum atomic E-state index is 11.5. The standard InChI is InChI=1S/C26H42O6/c1-4-5-6-7-8-9-14-23(31-20(2)27)15-11-10-13-22-18-19-24(22)25(32-21(3)28)16-12-17-26(29)30/h10-11,13,15,22-25H,4-9,12,14,16-19H2,1-3H3,(H,29,30). The Kier molecular flexibility index (Phi) is 14.4. The van der Waals surface area contributed by atoms with Crippen molar-refractivity contribution in [3.05, 3.63) is 24.3 Å². The van der Waals surface area contributed by atoms with Crippen molar-refractivity contribution in [1.29, 1.82) is 0 Å². The van der Waals surface area contributed by atoms with Crippen LogP contribution in [-0.4, -0.2) is 35.2 Å². The van der Waals surface area contributed by atoms with E-state index in [1.54, 1.807) is 0 Å². The third-order valence-corrected chi connectivity index (χ3v) is 6.01. The number of hydrogen-bond acceptors (Lipinski definition) is 5. The molecule has 6 heteroatoms. The predicted octanol–water partition coefficient (Wildman–Crippen LogP) is 5.99. The molecule has 0 aromatic rings. The monoisotopic (exact) mass is 450 g/mol. The molecule has 32 heavy (non-hydrogen) atoms. The first kappa shape index (κ1) is 27.9. The van der Waals surface area contributed by atoms with E-state index in [2.05, 4.69) is 13.0 Å². The van der Waals surface area contributed by atoms with Gasteiger partial charge < -0.3 is 14.6 Å². The van der Waals surface area contributed by atoms with Gasteiger partial charge in [-0.2, -0.15) is 0 Å². The van der Waals surface area contributed by atoms with Gasteiger partial charge in [0.05, 0.1) is 0 Å². The number of unbranched alkanes of at least 4 members (excludes halogenated alkanes) is 5. The molecule has 182 valence electrons. The van der Waals surface area contributed by atoms with Crippen molar-refractivity contribution in [2.75, 3.05) is 0 Å². The van der Waals surface area contributed by atoms with Crippen LogP contribution < -0.4 is 0 Å². The minimum Gasteiger partial charge on any atom is -0.481 e. The van der Waals surface area contributed by atoms with Crippen molar-refractivity contribution in [3.63, 3.8) is 0 Å². The Hall–Kier alpha value is -2.11. The van der Waals surface area contributed by atoms with E-state index in [0.29, 0.717) is 18.8 Å². The number of carbonyl (C=O) groups excluding carboxylic acids is 2. The van der Waals surface area contributed by atoms with Crippen LogP contribution in [0.5, 0.6) is 0 Å². The fraction of sp³-hybridized carbons (Fsp3) is 0.731. The van der Waals surface area contributed by atoms with Crippen LogP contribution in [0.15, 0.2) is 24.3 Å². The van der Waals surface area contributed by atoms with Gasteiger partial charge in [0.2, 0.25) is 0 Å². The molecule has 0 saturated heterocycles. The molecule has 0 amide bonds. The quantitative estimate of drug-likeness (QED) is 0.166. The Morgan fingerprint density at radius 1 is 0.906 bits per heavy atom. The lowest BCUT2D eigenvalue weighted by Gasteiger charge is -2.39. The highest BCUT2D eigenvalue weighted by Gasteiger charge is 2.36. The molecule has 1 aliphatic rings. The van der Waals surface area contributed by atoms with Crippen molar-refractivity contribution in [3.8, 4) is 0 Å². The van der Waals surface area contributed by atoms with Gasteiger partial charge in [-0.15, -0.1) is 0 Å². The summed E-state index contributed by atoms with van der Waals surface area (Å²) in [6.07, 6.45) is 18.7. The lowest BCUT2D eigenvalue weighted by atomic mass is 9.69. The van der Waals surface area contributed by atoms with E-state index in [1.807, 2.05) is 18.2 Å². The highest BCUT2D eigenvalue weighted by molar-refractivity contribution is 5.67. The first-order chi connectivity index (χ1) is 15.3. The van der Waals surface area contributed by atoms with Crippen LogP contribution in [0.1, 0.15) is 97.8 Å². The number of carboxylic acids is 1. The fourth-order valence-electron chi connectivity index (χ4n) is 4.21. The lowest BCUT2D eigenvalue weighted by Crippen LogP contribution is -2.37. The van der Waals surface area contributed by atoms with Gasteiger partial charge in [-0.3, -0.25) is 14.4 Å². The van der Waals surface area contributed by atoms with Gasteiger partial charge in [0.1, 0.15) is 12.2 Å². The molecule has 0 radical (unpaired) electrons. The number of esters is 2. The maximum absolute atomic E-state index is 11.5. The molecular formula is C26H42O6. The Balaban J connectivity index is 2.53. The molecule has 1 N–H and O–H groups in total. The molecule has 0 aliphatic heterocycles. The lowest BCUT2D eigenvalue weighted by molar-refractivity contribution is -0.153. The smallest absolute Gasteiger partial charge is 0.303 e. The summed E-state index contributed by atoms with van der Waals surface area (Å²) in [5.41, 5.74) is 0. The Morgan fingerprint density at radius 3 is 2.19 bits per heavy atom. The van der Waals surface area contributed by atoms with E-state index in [1.165, 1.54) is 39.5 Å². The molecule has 1 rings (SSSR count). The fourth-order valence-corrected chi connectivity index (χ4v) is 4.21. The van der Waals surface area contributed by atoms with Gasteiger partial charge in [-0.25, -0.2) is 0 Å². The zero-order chi connectivity index (χ0) is 23.8. The topological polar surface area (TPSA) is 89.9 Å². The molecule has 4 atom stereocenters. The van der Waals surface area contributed by atoms with E-state index in [4.69, 9.17) is 14.6 Å². The molecule has 1 aliphatic carbocycles. The highest BCUT2D eigenvalue weighted by Crippen LogP contribution is 2.40. The minimum atomic E-state index is -0.829. The van der Waals surface area contributed by atoms with Crippen molar-refractivity contribution >= 4 is 17.9 Å². The van der Waals surface area contributed by atoms with Crippen LogP contribution in [0.4, 0.5) is 0 Å². The summed E-state index contributed by atoms with van der Waals surface area (Å²) in [6, 6.07) is 0. The summed E-state index contributed by atoms with van der Waals surface area (Å²) in [5, 5.41) is 8.86. The second-order valence-corrected chi connectivity index (χ2v) is 8.81. The van der Waals surface area contributed by atoms with Crippen LogP contribution in [-0.2, 0) is 23.9 Å². The second kappa shape index (κ2) is 16.5. The van der Waals surface area contributed by atoms with Crippen LogP contribution in [0, 0.1) is 11.8 Å². The Bertz CT molecular complexity index is 624. The molecule has 0 aromatic heterocycles. The molecule has 0 bridgehead atoms. The number of rotatable bonds is 17. The third kappa shape index (κ3) is 12.7. The minimum absolute atomic E-state index is 0.0872. The SMILES string of the molecule is CCCCCCCCC(C=CC=CC1CCC1C(CCCC(=O)O)OC(C)=O)OC(C)=O.